The van der Waals surface area contributed by atoms with Crippen LogP contribution in [0.2, 0.25) is 0 Å². The molecule has 1 heterocycles. The van der Waals surface area contributed by atoms with E-state index in [1.165, 1.54) is 24.1 Å². The van der Waals surface area contributed by atoms with Crippen LogP contribution in [0.15, 0.2) is 35.9 Å². The van der Waals surface area contributed by atoms with Crippen LogP contribution in [-0.2, 0) is 15.0 Å². The van der Waals surface area contributed by atoms with E-state index in [2.05, 4.69) is 0 Å². The van der Waals surface area contributed by atoms with Crippen LogP contribution in [0.4, 0.5) is 4.39 Å². The highest BCUT2D eigenvalue weighted by molar-refractivity contribution is 6.09. The molecule has 0 aromatic heterocycles. The van der Waals surface area contributed by atoms with E-state index >= 15 is 0 Å². The fourth-order valence-corrected chi connectivity index (χ4v) is 3.30. The average molecular weight is 273 g/mol. The molecule has 1 unspecified atom stereocenters. The molecule has 3 nitrogen and oxygen atoms in total. The predicted octanol–water partition coefficient (Wildman–Crippen LogP) is 2.56. The Kier molecular flexibility index (Phi) is 2.96. The Hall–Kier alpha value is -1.97. The molecule has 1 aliphatic heterocycles. The number of hydrogen-bond acceptors (Lipinski definition) is 2. The van der Waals surface area contributed by atoms with Crippen LogP contribution in [0, 0.1) is 5.82 Å². The van der Waals surface area contributed by atoms with Crippen LogP contribution < -0.4 is 0 Å². The molecule has 1 aliphatic carbocycles. The quantitative estimate of drug-likeness (QED) is 0.737. The molecule has 1 saturated heterocycles. The van der Waals surface area contributed by atoms with Crippen molar-refractivity contribution in [2.45, 2.75) is 31.1 Å². The lowest BCUT2D eigenvalue weighted by Crippen LogP contribution is -2.50. The van der Waals surface area contributed by atoms with Crippen LogP contribution in [0.3, 0.4) is 0 Å². The summed E-state index contributed by atoms with van der Waals surface area (Å²) in [4.78, 5) is 25.7. The van der Waals surface area contributed by atoms with Crippen molar-refractivity contribution in [3.05, 3.63) is 47.3 Å². The molecule has 3 rings (SSSR count). The number of likely N-dealkylation sites (N-methyl/N-ethyl adjacent to an activating group) is 1. The summed E-state index contributed by atoms with van der Waals surface area (Å²) in [5.41, 5.74) is 0.990. The molecule has 0 radical (unpaired) electrons. The van der Waals surface area contributed by atoms with Crippen LogP contribution >= 0.6 is 0 Å². The molecule has 1 aromatic rings. The number of nitrogens with zero attached hydrogens (tertiary/aromatic N) is 1. The Bertz CT molecular complexity index is 605. The second kappa shape index (κ2) is 4.54. The van der Waals surface area contributed by atoms with E-state index in [4.69, 9.17) is 0 Å². The summed E-state index contributed by atoms with van der Waals surface area (Å²) >= 11 is 0. The Morgan fingerprint density at radius 2 is 1.90 bits per heavy atom. The maximum absolute atomic E-state index is 13.1. The van der Waals surface area contributed by atoms with Crippen LogP contribution in [0.1, 0.15) is 31.2 Å². The summed E-state index contributed by atoms with van der Waals surface area (Å²) in [5.74, 6) is -0.694. The van der Waals surface area contributed by atoms with Gasteiger partial charge in [-0.25, -0.2) is 4.39 Å². The van der Waals surface area contributed by atoms with E-state index in [0.717, 1.165) is 24.8 Å². The fourth-order valence-electron chi connectivity index (χ4n) is 3.30. The lowest BCUT2D eigenvalue weighted by atomic mass is 9.63. The SMILES string of the molecule is CN1C(=O)CC2(c3ccc(F)cc3)CCCC=C2C1=O. The number of benzene rings is 1. The monoisotopic (exact) mass is 273 g/mol. The second-order valence-electron chi connectivity index (χ2n) is 5.53. The number of rotatable bonds is 1. The Morgan fingerprint density at radius 3 is 2.60 bits per heavy atom. The molecule has 104 valence electrons. The number of allylic oxidation sites excluding steroid dienone is 1. The van der Waals surface area contributed by atoms with Gasteiger partial charge in [-0.05, 0) is 37.0 Å². The smallest absolute Gasteiger partial charge is 0.256 e. The molecule has 1 aromatic carbocycles. The molecule has 4 heteroatoms. The first-order valence-corrected chi connectivity index (χ1v) is 6.82. The normalized spacial score (nSPS) is 26.3. The molecule has 0 N–H and O–H groups in total. The van der Waals surface area contributed by atoms with Gasteiger partial charge in [0, 0.05) is 24.5 Å². The van der Waals surface area contributed by atoms with Gasteiger partial charge < -0.3 is 0 Å². The van der Waals surface area contributed by atoms with Gasteiger partial charge in [0.25, 0.3) is 5.91 Å². The number of fused-ring (bicyclic) bond motifs is 1. The highest BCUT2D eigenvalue weighted by Gasteiger charge is 2.48. The Morgan fingerprint density at radius 1 is 1.20 bits per heavy atom. The molecule has 2 amide bonds. The summed E-state index contributed by atoms with van der Waals surface area (Å²) in [6, 6.07) is 6.17. The molecule has 0 bridgehead atoms. The van der Waals surface area contributed by atoms with Gasteiger partial charge in [-0.1, -0.05) is 18.2 Å². The van der Waals surface area contributed by atoms with Crippen molar-refractivity contribution >= 4 is 11.8 Å². The van der Waals surface area contributed by atoms with E-state index < -0.39 is 5.41 Å². The minimum Gasteiger partial charge on any atom is -0.282 e. The molecule has 20 heavy (non-hydrogen) atoms. The predicted molar refractivity (Wildman–Crippen MR) is 72.4 cm³/mol. The first kappa shape index (κ1) is 13.0. The molecule has 0 spiro atoms. The molecule has 0 saturated carbocycles. The van der Waals surface area contributed by atoms with Crippen molar-refractivity contribution in [1.29, 1.82) is 0 Å². The van der Waals surface area contributed by atoms with Gasteiger partial charge in [-0.2, -0.15) is 0 Å². The Balaban J connectivity index is 2.14. The van der Waals surface area contributed by atoms with E-state index in [0.29, 0.717) is 5.57 Å². The van der Waals surface area contributed by atoms with Gasteiger partial charge in [0.2, 0.25) is 5.91 Å². The van der Waals surface area contributed by atoms with E-state index in [1.807, 2.05) is 6.08 Å². The molecule has 1 atom stereocenters. The fraction of sp³-hybridized carbons (Fsp3) is 0.375. The zero-order valence-electron chi connectivity index (χ0n) is 11.4. The van der Waals surface area contributed by atoms with E-state index in [-0.39, 0.29) is 24.1 Å². The Labute approximate surface area is 117 Å². The van der Waals surface area contributed by atoms with Gasteiger partial charge in [-0.3, -0.25) is 14.5 Å². The highest BCUT2D eigenvalue weighted by Crippen LogP contribution is 2.46. The first-order valence-electron chi connectivity index (χ1n) is 6.82. The van der Waals surface area contributed by atoms with Gasteiger partial charge in [0.1, 0.15) is 5.82 Å². The molecule has 1 fully saturated rings. The van der Waals surface area contributed by atoms with Gasteiger partial charge >= 0.3 is 0 Å². The third-order valence-corrected chi connectivity index (χ3v) is 4.43. The van der Waals surface area contributed by atoms with Crippen LogP contribution in [-0.4, -0.2) is 23.8 Å². The third-order valence-electron chi connectivity index (χ3n) is 4.43. The topological polar surface area (TPSA) is 37.4 Å². The largest absolute Gasteiger partial charge is 0.282 e. The lowest BCUT2D eigenvalue weighted by molar-refractivity contribution is -0.145. The molecular formula is C16H16FNO2. The minimum absolute atomic E-state index is 0.168. The summed E-state index contributed by atoms with van der Waals surface area (Å²) in [6.07, 6.45) is 4.78. The number of halogens is 1. The number of piperidine rings is 1. The zero-order valence-corrected chi connectivity index (χ0v) is 11.4. The highest BCUT2D eigenvalue weighted by atomic mass is 19.1. The van der Waals surface area contributed by atoms with Crippen molar-refractivity contribution < 1.29 is 14.0 Å². The van der Waals surface area contributed by atoms with Gasteiger partial charge in [0.15, 0.2) is 0 Å². The number of carbonyl (C=O) groups excluding carboxylic acids is 2. The first-order chi connectivity index (χ1) is 9.54. The zero-order chi connectivity index (χ0) is 14.3. The van der Waals surface area contributed by atoms with Gasteiger partial charge in [-0.15, -0.1) is 0 Å². The number of hydrogen-bond donors (Lipinski definition) is 0. The van der Waals surface area contributed by atoms with Crippen LogP contribution in [0.25, 0.3) is 0 Å². The minimum atomic E-state index is -0.563. The van der Waals surface area contributed by atoms with Crippen molar-refractivity contribution in [3.63, 3.8) is 0 Å². The maximum Gasteiger partial charge on any atom is 0.256 e. The van der Waals surface area contributed by atoms with E-state index in [9.17, 15) is 14.0 Å². The average Bonchev–Trinajstić information content (AvgIpc) is 2.45. The summed E-state index contributed by atoms with van der Waals surface area (Å²) < 4.78 is 13.1. The lowest BCUT2D eigenvalue weighted by Gasteiger charge is -2.43. The van der Waals surface area contributed by atoms with Crippen molar-refractivity contribution in [2.75, 3.05) is 7.05 Å². The summed E-state index contributed by atoms with van der Waals surface area (Å²) in [6.45, 7) is 0. The summed E-state index contributed by atoms with van der Waals surface area (Å²) in [7, 11) is 1.52. The number of amides is 2. The number of carbonyl (C=O) groups is 2. The second-order valence-corrected chi connectivity index (χ2v) is 5.53. The standard InChI is InChI=1S/C16H16FNO2/c1-18-14(19)10-16(11-5-7-12(17)8-6-11)9-3-2-4-13(16)15(18)20/h4-8H,2-3,9-10H2,1H3. The van der Waals surface area contributed by atoms with Gasteiger partial charge in [0.05, 0.1) is 0 Å². The maximum atomic E-state index is 13.1. The number of imide groups is 1. The number of likely N-dealkylation sites (tertiary alicyclic amines) is 1. The van der Waals surface area contributed by atoms with E-state index in [1.54, 1.807) is 12.1 Å². The van der Waals surface area contributed by atoms with Crippen molar-refractivity contribution in [3.8, 4) is 0 Å². The molecule has 2 aliphatic rings. The summed E-state index contributed by atoms with van der Waals surface area (Å²) in [5, 5.41) is 0. The van der Waals surface area contributed by atoms with Crippen molar-refractivity contribution in [2.24, 2.45) is 0 Å². The third kappa shape index (κ3) is 1.79. The van der Waals surface area contributed by atoms with Crippen molar-refractivity contribution in [1.82, 2.24) is 4.90 Å². The van der Waals surface area contributed by atoms with Crippen LogP contribution in [0.5, 0.6) is 0 Å². The molecular weight excluding hydrogens is 257 g/mol.